The molecule has 1 heterocycles. The summed E-state index contributed by atoms with van der Waals surface area (Å²) in [5, 5.41) is 9.04. The van der Waals surface area contributed by atoms with Crippen molar-refractivity contribution in [2.75, 3.05) is 6.54 Å². The standard InChI is InChI=1S/C22H24ClN3O2/c1-15-19(20(26-22(28)25-15)17-11-7-12-18(23)14-17)21(27)24-13-6-5-10-16-8-3-2-4-9-16/h2-4,7-9,11-12,14,20H,5-6,10,13H2,1H3,(H,24,27)(H2,25,26,28). The molecule has 1 atom stereocenters. The number of carbonyl (C=O) groups excluding carboxylic acids is 2. The zero-order valence-electron chi connectivity index (χ0n) is 15.8. The summed E-state index contributed by atoms with van der Waals surface area (Å²) in [6.45, 7) is 2.32. The highest BCUT2D eigenvalue weighted by atomic mass is 35.5. The molecule has 1 unspecified atom stereocenters. The van der Waals surface area contributed by atoms with Gasteiger partial charge in [0, 0.05) is 17.3 Å². The summed E-state index contributed by atoms with van der Waals surface area (Å²) in [6, 6.07) is 16.6. The summed E-state index contributed by atoms with van der Waals surface area (Å²) in [5.74, 6) is -0.185. The van der Waals surface area contributed by atoms with Crippen LogP contribution in [0.2, 0.25) is 5.02 Å². The van der Waals surface area contributed by atoms with Gasteiger partial charge in [-0.25, -0.2) is 4.79 Å². The van der Waals surface area contributed by atoms with Crippen LogP contribution in [0.4, 0.5) is 4.79 Å². The summed E-state index contributed by atoms with van der Waals surface area (Å²) < 4.78 is 0. The molecule has 0 bridgehead atoms. The number of carbonyl (C=O) groups is 2. The van der Waals surface area contributed by atoms with Crippen molar-refractivity contribution in [1.29, 1.82) is 0 Å². The Morgan fingerprint density at radius 3 is 2.64 bits per heavy atom. The van der Waals surface area contributed by atoms with Crippen LogP contribution < -0.4 is 16.0 Å². The van der Waals surface area contributed by atoms with E-state index in [4.69, 9.17) is 11.6 Å². The normalized spacial score (nSPS) is 16.4. The lowest BCUT2D eigenvalue weighted by atomic mass is 9.95. The van der Waals surface area contributed by atoms with Crippen LogP contribution in [0.1, 0.15) is 36.9 Å². The Hall–Kier alpha value is -2.79. The van der Waals surface area contributed by atoms with Gasteiger partial charge < -0.3 is 16.0 Å². The van der Waals surface area contributed by atoms with Crippen LogP contribution >= 0.6 is 11.6 Å². The van der Waals surface area contributed by atoms with E-state index in [1.165, 1.54) is 5.56 Å². The molecule has 6 heteroatoms. The van der Waals surface area contributed by atoms with E-state index in [9.17, 15) is 9.59 Å². The fourth-order valence-corrected chi connectivity index (χ4v) is 3.53. The second-order valence-electron chi connectivity index (χ2n) is 6.82. The number of nitrogens with one attached hydrogen (secondary N) is 3. The molecule has 1 aliphatic heterocycles. The van der Waals surface area contributed by atoms with E-state index < -0.39 is 6.04 Å². The number of hydrogen-bond donors (Lipinski definition) is 3. The smallest absolute Gasteiger partial charge is 0.319 e. The molecule has 5 nitrogen and oxygen atoms in total. The topological polar surface area (TPSA) is 70.2 Å². The lowest BCUT2D eigenvalue weighted by Crippen LogP contribution is -2.47. The molecule has 146 valence electrons. The third kappa shape index (κ3) is 5.14. The Bertz CT molecular complexity index is 880. The number of amides is 3. The van der Waals surface area contributed by atoms with E-state index in [0.717, 1.165) is 24.8 Å². The molecular formula is C22H24ClN3O2. The molecule has 28 heavy (non-hydrogen) atoms. The van der Waals surface area contributed by atoms with E-state index in [-0.39, 0.29) is 11.9 Å². The number of aryl methyl sites for hydroxylation is 1. The van der Waals surface area contributed by atoms with E-state index in [1.807, 2.05) is 24.3 Å². The van der Waals surface area contributed by atoms with Crippen LogP contribution in [0.5, 0.6) is 0 Å². The first-order chi connectivity index (χ1) is 13.5. The zero-order valence-corrected chi connectivity index (χ0v) is 16.6. The minimum absolute atomic E-state index is 0.185. The number of benzene rings is 2. The summed E-state index contributed by atoms with van der Waals surface area (Å²) in [4.78, 5) is 24.7. The van der Waals surface area contributed by atoms with Gasteiger partial charge in [0.05, 0.1) is 11.6 Å². The van der Waals surface area contributed by atoms with E-state index in [0.29, 0.717) is 22.8 Å². The number of rotatable bonds is 7. The highest BCUT2D eigenvalue weighted by molar-refractivity contribution is 6.30. The predicted octanol–water partition coefficient (Wildman–Crippen LogP) is 4.11. The Labute approximate surface area is 170 Å². The third-order valence-corrected chi connectivity index (χ3v) is 4.95. The Morgan fingerprint density at radius 1 is 1.11 bits per heavy atom. The maximum Gasteiger partial charge on any atom is 0.319 e. The minimum Gasteiger partial charge on any atom is -0.352 e. The number of unbranched alkanes of at least 4 members (excludes halogenated alkanes) is 1. The molecule has 0 spiro atoms. The van der Waals surface area contributed by atoms with E-state index in [2.05, 4.69) is 28.1 Å². The quantitative estimate of drug-likeness (QED) is 0.615. The number of urea groups is 1. The third-order valence-electron chi connectivity index (χ3n) is 4.72. The number of hydrogen-bond acceptors (Lipinski definition) is 2. The van der Waals surface area contributed by atoms with Crippen molar-refractivity contribution in [3.63, 3.8) is 0 Å². The van der Waals surface area contributed by atoms with E-state index in [1.54, 1.807) is 25.1 Å². The number of halogens is 1. The molecule has 0 saturated carbocycles. The summed E-state index contributed by atoms with van der Waals surface area (Å²) in [5.41, 5.74) is 3.13. The van der Waals surface area contributed by atoms with Gasteiger partial charge in [-0.05, 0) is 49.4 Å². The van der Waals surface area contributed by atoms with Crippen molar-refractivity contribution in [3.8, 4) is 0 Å². The van der Waals surface area contributed by atoms with Crippen LogP contribution in [-0.4, -0.2) is 18.5 Å². The Morgan fingerprint density at radius 2 is 1.89 bits per heavy atom. The fourth-order valence-electron chi connectivity index (χ4n) is 3.33. The number of allylic oxidation sites excluding steroid dienone is 1. The molecular weight excluding hydrogens is 374 g/mol. The van der Waals surface area contributed by atoms with Gasteiger partial charge in [0.1, 0.15) is 0 Å². The van der Waals surface area contributed by atoms with Crippen LogP contribution in [0.3, 0.4) is 0 Å². The molecule has 0 aromatic heterocycles. The van der Waals surface area contributed by atoms with Crippen LogP contribution in [0, 0.1) is 0 Å². The minimum atomic E-state index is -0.531. The maximum absolute atomic E-state index is 12.8. The summed E-state index contributed by atoms with van der Waals surface area (Å²) >= 11 is 6.09. The molecule has 2 aromatic rings. The SMILES string of the molecule is CC1=C(C(=O)NCCCCc2ccccc2)C(c2cccc(Cl)c2)NC(=O)N1. The van der Waals surface area contributed by atoms with Gasteiger partial charge in [0.2, 0.25) is 0 Å². The van der Waals surface area contributed by atoms with Crippen molar-refractivity contribution in [2.24, 2.45) is 0 Å². The average molecular weight is 398 g/mol. The molecule has 3 N–H and O–H groups in total. The van der Waals surface area contributed by atoms with Gasteiger partial charge in [0.15, 0.2) is 0 Å². The Balaban J connectivity index is 1.61. The monoisotopic (exact) mass is 397 g/mol. The average Bonchev–Trinajstić information content (AvgIpc) is 2.67. The summed E-state index contributed by atoms with van der Waals surface area (Å²) in [7, 11) is 0. The van der Waals surface area contributed by atoms with Crippen LogP contribution in [0.25, 0.3) is 0 Å². The highest BCUT2D eigenvalue weighted by Gasteiger charge is 2.30. The maximum atomic E-state index is 12.8. The fraction of sp³-hybridized carbons (Fsp3) is 0.273. The summed E-state index contributed by atoms with van der Waals surface area (Å²) in [6.07, 6.45) is 2.87. The predicted molar refractivity (Wildman–Crippen MR) is 111 cm³/mol. The Kier molecular flexibility index (Phi) is 6.71. The molecule has 3 amide bonds. The molecule has 1 aliphatic rings. The first-order valence-electron chi connectivity index (χ1n) is 9.40. The van der Waals surface area contributed by atoms with Gasteiger partial charge in [-0.1, -0.05) is 54.1 Å². The first kappa shape index (κ1) is 20.0. The largest absolute Gasteiger partial charge is 0.352 e. The van der Waals surface area contributed by atoms with Gasteiger partial charge in [0.25, 0.3) is 5.91 Å². The molecule has 0 saturated heterocycles. The molecule has 0 radical (unpaired) electrons. The molecule has 2 aromatic carbocycles. The van der Waals surface area contributed by atoms with Crippen molar-refractivity contribution >= 4 is 23.5 Å². The van der Waals surface area contributed by atoms with Crippen LogP contribution in [0.15, 0.2) is 65.9 Å². The van der Waals surface area contributed by atoms with Gasteiger partial charge in [-0.15, -0.1) is 0 Å². The molecule has 0 fully saturated rings. The lowest BCUT2D eigenvalue weighted by molar-refractivity contribution is -0.117. The highest BCUT2D eigenvalue weighted by Crippen LogP contribution is 2.28. The first-order valence-corrected chi connectivity index (χ1v) is 9.78. The van der Waals surface area contributed by atoms with E-state index >= 15 is 0 Å². The van der Waals surface area contributed by atoms with Crippen molar-refractivity contribution in [1.82, 2.24) is 16.0 Å². The lowest BCUT2D eigenvalue weighted by Gasteiger charge is -2.28. The van der Waals surface area contributed by atoms with Gasteiger partial charge in [-0.2, -0.15) is 0 Å². The van der Waals surface area contributed by atoms with Gasteiger partial charge in [-0.3, -0.25) is 4.79 Å². The molecule has 0 aliphatic carbocycles. The second kappa shape index (κ2) is 9.42. The molecule has 3 rings (SSSR count). The van der Waals surface area contributed by atoms with Gasteiger partial charge >= 0.3 is 6.03 Å². The van der Waals surface area contributed by atoms with Crippen molar-refractivity contribution < 1.29 is 9.59 Å². The zero-order chi connectivity index (χ0) is 19.9. The van der Waals surface area contributed by atoms with Crippen LogP contribution in [-0.2, 0) is 11.2 Å². The van der Waals surface area contributed by atoms with Crippen molar-refractivity contribution in [2.45, 2.75) is 32.2 Å². The van der Waals surface area contributed by atoms with Crippen molar-refractivity contribution in [3.05, 3.63) is 82.0 Å². The second-order valence-corrected chi connectivity index (χ2v) is 7.26.